The van der Waals surface area contributed by atoms with Crippen LogP contribution in [0.15, 0.2) is 45.4 Å². The lowest BCUT2D eigenvalue weighted by Gasteiger charge is -1.97. The molecule has 0 aliphatic rings. The Kier molecular flexibility index (Phi) is 3.37. The molecule has 9 nitrogen and oxygen atoms in total. The van der Waals surface area contributed by atoms with Crippen LogP contribution >= 0.6 is 0 Å². The minimum Gasteiger partial charge on any atom is -0.478 e. The highest BCUT2D eigenvalue weighted by atomic mass is 16.4. The summed E-state index contributed by atoms with van der Waals surface area (Å²) in [4.78, 5) is 25.0. The van der Waals surface area contributed by atoms with Crippen LogP contribution in [0.1, 0.15) is 16.1 Å². The van der Waals surface area contributed by atoms with Crippen molar-refractivity contribution in [2.24, 2.45) is 10.2 Å². The highest BCUT2D eigenvalue weighted by Crippen LogP contribution is 2.28. The van der Waals surface area contributed by atoms with Crippen molar-refractivity contribution >= 4 is 28.8 Å². The van der Waals surface area contributed by atoms with E-state index in [0.717, 1.165) is 0 Å². The van der Waals surface area contributed by atoms with Crippen LogP contribution in [-0.4, -0.2) is 25.7 Å². The van der Waals surface area contributed by atoms with Crippen molar-refractivity contribution < 1.29 is 9.90 Å². The molecule has 0 amide bonds. The Hall–Kier alpha value is -3.49. The molecular weight excluding hydrogens is 300 g/mol. The average molecular weight is 312 g/mol. The lowest BCUT2D eigenvalue weighted by Crippen LogP contribution is -2.09. The standard InChI is InChI=1S/C14H12N6O3/c1-7-6-10(21)16-13-11(12(15)19-20(7)13)18-17-9-4-2-8(3-5-9)14(22)23/h2-6H,1H3,(H2,15,19)(H,16,21)(H,22,23). The van der Waals surface area contributed by atoms with Gasteiger partial charge in [0, 0.05) is 11.8 Å². The number of aromatic carboxylic acids is 1. The quantitative estimate of drug-likeness (QED) is 0.635. The molecule has 3 aromatic rings. The van der Waals surface area contributed by atoms with Crippen LogP contribution in [0, 0.1) is 6.92 Å². The van der Waals surface area contributed by atoms with E-state index < -0.39 is 5.97 Å². The van der Waals surface area contributed by atoms with Crippen LogP contribution in [0.5, 0.6) is 0 Å². The number of azo groups is 1. The second kappa shape index (κ2) is 5.37. The predicted molar refractivity (Wildman–Crippen MR) is 82.5 cm³/mol. The Labute approximate surface area is 129 Å². The first kappa shape index (κ1) is 14.4. The van der Waals surface area contributed by atoms with Crippen molar-refractivity contribution in [2.45, 2.75) is 6.92 Å². The second-order valence-electron chi connectivity index (χ2n) is 4.82. The molecule has 0 atom stereocenters. The van der Waals surface area contributed by atoms with Crippen LogP contribution in [0.4, 0.5) is 17.2 Å². The molecular formula is C14H12N6O3. The number of nitrogens with zero attached hydrogens (tertiary/aromatic N) is 4. The zero-order chi connectivity index (χ0) is 16.6. The molecule has 3 rings (SSSR count). The van der Waals surface area contributed by atoms with E-state index in [-0.39, 0.29) is 22.6 Å². The molecule has 23 heavy (non-hydrogen) atoms. The zero-order valence-electron chi connectivity index (χ0n) is 12.0. The number of hydrogen-bond acceptors (Lipinski definition) is 6. The molecule has 0 radical (unpaired) electrons. The van der Waals surface area contributed by atoms with Crippen LogP contribution in [0.2, 0.25) is 0 Å². The van der Waals surface area contributed by atoms with Gasteiger partial charge in [0.05, 0.1) is 11.3 Å². The molecule has 0 unspecified atom stereocenters. The number of nitrogens with two attached hydrogens (primary N) is 1. The number of rotatable bonds is 3. The van der Waals surface area contributed by atoms with E-state index in [9.17, 15) is 9.59 Å². The molecule has 2 aromatic heterocycles. The average Bonchev–Trinajstić information content (AvgIpc) is 2.82. The zero-order valence-corrected chi connectivity index (χ0v) is 12.0. The molecule has 9 heteroatoms. The molecule has 0 aliphatic carbocycles. The SMILES string of the molecule is Cc1cc(=O)[nH]c2c(N=Nc3ccc(C(=O)O)cc3)c(N)nn12. The summed E-state index contributed by atoms with van der Waals surface area (Å²) >= 11 is 0. The van der Waals surface area contributed by atoms with Gasteiger partial charge in [-0.05, 0) is 31.2 Å². The topological polar surface area (TPSA) is 138 Å². The summed E-state index contributed by atoms with van der Waals surface area (Å²) < 4.78 is 1.47. The third-order valence-electron chi connectivity index (χ3n) is 3.18. The number of aromatic amines is 1. The molecule has 1 aromatic carbocycles. The first-order valence-electron chi connectivity index (χ1n) is 6.59. The number of aromatic nitrogens is 3. The fourth-order valence-electron chi connectivity index (χ4n) is 2.07. The van der Waals surface area contributed by atoms with Crippen molar-refractivity contribution in [1.82, 2.24) is 14.6 Å². The van der Waals surface area contributed by atoms with Gasteiger partial charge >= 0.3 is 5.97 Å². The Morgan fingerprint density at radius 3 is 2.65 bits per heavy atom. The minimum atomic E-state index is -1.02. The van der Waals surface area contributed by atoms with Crippen molar-refractivity contribution in [3.05, 3.63) is 51.9 Å². The molecule has 0 saturated carbocycles. The Morgan fingerprint density at radius 1 is 1.30 bits per heavy atom. The number of H-pyrrole nitrogens is 1. The smallest absolute Gasteiger partial charge is 0.335 e. The van der Waals surface area contributed by atoms with Gasteiger partial charge in [-0.2, -0.15) is 5.11 Å². The molecule has 0 spiro atoms. The van der Waals surface area contributed by atoms with Crippen molar-refractivity contribution in [2.75, 3.05) is 5.73 Å². The van der Waals surface area contributed by atoms with Crippen LogP contribution in [0.3, 0.4) is 0 Å². The summed E-state index contributed by atoms with van der Waals surface area (Å²) in [7, 11) is 0. The Morgan fingerprint density at radius 2 is 2.00 bits per heavy atom. The van der Waals surface area contributed by atoms with Crippen molar-refractivity contribution in [1.29, 1.82) is 0 Å². The number of nitrogen functional groups attached to an aromatic ring is 1. The minimum absolute atomic E-state index is 0.126. The van der Waals surface area contributed by atoms with E-state index >= 15 is 0 Å². The summed E-state index contributed by atoms with van der Waals surface area (Å²) in [5, 5.41) is 21.0. The number of anilines is 1. The molecule has 0 saturated heterocycles. The maximum Gasteiger partial charge on any atom is 0.335 e. The normalized spacial score (nSPS) is 11.3. The predicted octanol–water partition coefficient (Wildman–Crippen LogP) is 2.03. The Balaban J connectivity index is 2.02. The van der Waals surface area contributed by atoms with Gasteiger partial charge in [-0.15, -0.1) is 10.2 Å². The maximum atomic E-state index is 11.6. The number of fused-ring (bicyclic) bond motifs is 1. The van der Waals surface area contributed by atoms with Crippen LogP contribution in [0.25, 0.3) is 5.65 Å². The Bertz CT molecular complexity index is 984. The van der Waals surface area contributed by atoms with Gasteiger partial charge in [0.15, 0.2) is 17.2 Å². The van der Waals surface area contributed by atoms with Gasteiger partial charge in [0.1, 0.15) is 0 Å². The fourth-order valence-corrected chi connectivity index (χ4v) is 2.07. The molecule has 116 valence electrons. The number of carbonyl (C=O) groups is 1. The number of benzene rings is 1. The first-order valence-corrected chi connectivity index (χ1v) is 6.59. The highest BCUT2D eigenvalue weighted by molar-refractivity contribution is 5.87. The molecule has 0 bridgehead atoms. The number of hydrogen-bond donors (Lipinski definition) is 3. The largest absolute Gasteiger partial charge is 0.478 e. The number of nitrogens with one attached hydrogen (secondary N) is 1. The summed E-state index contributed by atoms with van der Waals surface area (Å²) in [5.74, 6) is -0.894. The number of carboxylic acid groups (broad SMARTS) is 1. The van der Waals surface area contributed by atoms with Gasteiger partial charge in [0.25, 0.3) is 5.56 Å². The number of carboxylic acids is 1. The second-order valence-corrected chi connectivity index (χ2v) is 4.82. The highest BCUT2D eigenvalue weighted by Gasteiger charge is 2.12. The fraction of sp³-hybridized carbons (Fsp3) is 0.0714. The molecule has 4 N–H and O–H groups in total. The third-order valence-corrected chi connectivity index (χ3v) is 3.18. The summed E-state index contributed by atoms with van der Waals surface area (Å²) in [6, 6.07) is 7.26. The monoisotopic (exact) mass is 312 g/mol. The van der Waals surface area contributed by atoms with Crippen LogP contribution < -0.4 is 11.3 Å². The van der Waals surface area contributed by atoms with E-state index in [1.54, 1.807) is 6.92 Å². The van der Waals surface area contributed by atoms with Crippen molar-refractivity contribution in [3.63, 3.8) is 0 Å². The van der Waals surface area contributed by atoms with Gasteiger partial charge in [-0.3, -0.25) is 4.79 Å². The lowest BCUT2D eigenvalue weighted by molar-refractivity contribution is 0.0697. The van der Waals surface area contributed by atoms with Gasteiger partial charge in [-0.1, -0.05) is 0 Å². The molecule has 0 fully saturated rings. The van der Waals surface area contributed by atoms with Gasteiger partial charge < -0.3 is 15.8 Å². The van der Waals surface area contributed by atoms with E-state index in [1.165, 1.54) is 34.8 Å². The van der Waals surface area contributed by atoms with E-state index in [0.29, 0.717) is 17.0 Å². The summed E-state index contributed by atoms with van der Waals surface area (Å²) in [6.07, 6.45) is 0. The maximum absolute atomic E-state index is 11.6. The van der Waals surface area contributed by atoms with E-state index in [1.807, 2.05) is 0 Å². The molecule has 2 heterocycles. The third kappa shape index (κ3) is 2.67. The van der Waals surface area contributed by atoms with E-state index in [4.69, 9.17) is 10.8 Å². The van der Waals surface area contributed by atoms with Gasteiger partial charge in [0.2, 0.25) is 0 Å². The van der Waals surface area contributed by atoms with Crippen molar-refractivity contribution in [3.8, 4) is 0 Å². The van der Waals surface area contributed by atoms with E-state index in [2.05, 4.69) is 20.3 Å². The van der Waals surface area contributed by atoms with Gasteiger partial charge in [-0.25, -0.2) is 9.31 Å². The summed E-state index contributed by atoms with van der Waals surface area (Å²) in [5.41, 5.74) is 7.32. The number of aryl methyl sites for hydroxylation is 1. The molecule has 0 aliphatic heterocycles. The lowest BCUT2D eigenvalue weighted by atomic mass is 10.2. The first-order chi connectivity index (χ1) is 11.0. The summed E-state index contributed by atoms with van der Waals surface area (Å²) in [6.45, 7) is 1.72. The van der Waals surface area contributed by atoms with Crippen LogP contribution in [-0.2, 0) is 0 Å².